The maximum Gasteiger partial charge on any atom is 0.0621 e. The number of likely N-dealkylation sites (tertiary alicyclic amines) is 1. The number of hydrogen-bond donors (Lipinski definition) is 1. The maximum absolute atomic E-state index is 8.44. The monoisotopic (exact) mass is 223 g/mol. The van der Waals surface area contributed by atoms with Gasteiger partial charge in [0.25, 0.3) is 0 Å². The van der Waals surface area contributed by atoms with Crippen molar-refractivity contribution in [2.45, 2.75) is 45.6 Å². The summed E-state index contributed by atoms with van der Waals surface area (Å²) < 4.78 is 0. The van der Waals surface area contributed by atoms with Crippen LogP contribution in [0.25, 0.3) is 0 Å². The minimum absolute atomic E-state index is 0.685. The fourth-order valence-electron chi connectivity index (χ4n) is 2.44. The molecule has 0 aromatic rings. The molecule has 0 aromatic carbocycles. The van der Waals surface area contributed by atoms with Crippen molar-refractivity contribution in [3.05, 3.63) is 0 Å². The lowest BCUT2D eigenvalue weighted by Crippen LogP contribution is -2.48. The number of nitriles is 1. The molecular formula is C13H25N3. The molecule has 0 saturated carbocycles. The fraction of sp³-hybridized carbons (Fsp3) is 0.923. The zero-order valence-electron chi connectivity index (χ0n) is 10.7. The molecule has 2 unspecified atom stereocenters. The number of nitrogens with one attached hydrogen (secondary N) is 1. The Balaban J connectivity index is 2.11. The third-order valence-electron chi connectivity index (χ3n) is 3.56. The van der Waals surface area contributed by atoms with E-state index in [1.165, 1.54) is 26.1 Å². The second-order valence-corrected chi connectivity index (χ2v) is 4.84. The van der Waals surface area contributed by atoms with Gasteiger partial charge in [-0.25, -0.2) is 0 Å². The van der Waals surface area contributed by atoms with Crippen molar-refractivity contribution in [2.24, 2.45) is 5.92 Å². The van der Waals surface area contributed by atoms with Crippen LogP contribution in [-0.4, -0.2) is 37.1 Å². The molecule has 1 rings (SSSR count). The Morgan fingerprint density at radius 3 is 2.88 bits per heavy atom. The first-order chi connectivity index (χ1) is 7.77. The molecule has 0 aromatic heterocycles. The molecule has 1 fully saturated rings. The van der Waals surface area contributed by atoms with E-state index in [0.29, 0.717) is 12.5 Å². The van der Waals surface area contributed by atoms with Crippen LogP contribution in [0, 0.1) is 17.2 Å². The second-order valence-electron chi connectivity index (χ2n) is 4.84. The van der Waals surface area contributed by atoms with Crippen LogP contribution in [0.1, 0.15) is 39.5 Å². The van der Waals surface area contributed by atoms with E-state index in [1.807, 2.05) is 0 Å². The van der Waals surface area contributed by atoms with Gasteiger partial charge in [0.1, 0.15) is 0 Å². The van der Waals surface area contributed by atoms with E-state index in [-0.39, 0.29) is 0 Å². The van der Waals surface area contributed by atoms with E-state index < -0.39 is 0 Å². The van der Waals surface area contributed by atoms with Gasteiger partial charge in [0, 0.05) is 19.0 Å². The lowest BCUT2D eigenvalue weighted by Gasteiger charge is -2.36. The highest BCUT2D eigenvalue weighted by molar-refractivity contribution is 4.82. The van der Waals surface area contributed by atoms with E-state index in [9.17, 15) is 0 Å². The minimum atomic E-state index is 0.685. The molecule has 1 saturated heterocycles. The first-order valence-electron chi connectivity index (χ1n) is 6.60. The number of unbranched alkanes of at least 4 members (excludes halogenated alkanes) is 2. The molecule has 0 spiro atoms. The van der Waals surface area contributed by atoms with Crippen LogP contribution in [0.15, 0.2) is 0 Å². The largest absolute Gasteiger partial charge is 0.314 e. The van der Waals surface area contributed by atoms with E-state index in [0.717, 1.165) is 25.3 Å². The first-order valence-corrected chi connectivity index (χ1v) is 6.60. The summed E-state index contributed by atoms with van der Waals surface area (Å²) in [6, 6.07) is 2.88. The molecule has 1 N–H and O–H groups in total. The highest BCUT2D eigenvalue weighted by atomic mass is 15.1. The number of nitrogens with zero attached hydrogens (tertiary/aromatic N) is 2. The van der Waals surface area contributed by atoms with Crippen molar-refractivity contribution >= 4 is 0 Å². The SMILES string of the molecule is CCN1CCC(NCCCCC#N)C(C)C1. The molecule has 0 bridgehead atoms. The predicted octanol–water partition coefficient (Wildman–Crippen LogP) is 2.00. The Morgan fingerprint density at radius 1 is 1.44 bits per heavy atom. The van der Waals surface area contributed by atoms with Crippen LogP contribution in [0.2, 0.25) is 0 Å². The number of piperidine rings is 1. The van der Waals surface area contributed by atoms with Gasteiger partial charge in [0.05, 0.1) is 6.07 Å². The Kier molecular flexibility index (Phi) is 6.44. The maximum atomic E-state index is 8.44. The summed E-state index contributed by atoms with van der Waals surface area (Å²) in [5.74, 6) is 0.754. The number of hydrogen-bond acceptors (Lipinski definition) is 3. The smallest absolute Gasteiger partial charge is 0.0621 e. The Morgan fingerprint density at radius 2 is 2.25 bits per heavy atom. The van der Waals surface area contributed by atoms with Crippen molar-refractivity contribution < 1.29 is 0 Å². The fourth-order valence-corrected chi connectivity index (χ4v) is 2.44. The summed E-state index contributed by atoms with van der Waals surface area (Å²) in [5.41, 5.74) is 0. The van der Waals surface area contributed by atoms with Crippen LogP contribution in [0.4, 0.5) is 0 Å². The summed E-state index contributed by atoms with van der Waals surface area (Å²) in [6.07, 6.45) is 4.14. The van der Waals surface area contributed by atoms with Gasteiger partial charge in [-0.2, -0.15) is 5.26 Å². The first kappa shape index (κ1) is 13.5. The Bertz CT molecular complexity index is 222. The number of rotatable bonds is 6. The topological polar surface area (TPSA) is 39.1 Å². The van der Waals surface area contributed by atoms with Gasteiger partial charge in [-0.05, 0) is 44.8 Å². The van der Waals surface area contributed by atoms with Gasteiger partial charge in [0.15, 0.2) is 0 Å². The molecule has 3 nitrogen and oxygen atoms in total. The lowest BCUT2D eigenvalue weighted by atomic mass is 9.94. The van der Waals surface area contributed by atoms with E-state index >= 15 is 0 Å². The molecule has 0 aliphatic carbocycles. The van der Waals surface area contributed by atoms with Crippen molar-refractivity contribution in [2.75, 3.05) is 26.2 Å². The standard InChI is InChI=1S/C13H25N3/c1-3-16-10-7-13(12(2)11-16)15-9-6-4-5-8-14/h12-13,15H,3-7,9-11H2,1-2H3. The average Bonchev–Trinajstić information content (AvgIpc) is 2.30. The van der Waals surface area contributed by atoms with E-state index in [4.69, 9.17) is 5.26 Å². The minimum Gasteiger partial charge on any atom is -0.314 e. The molecule has 3 heteroatoms. The van der Waals surface area contributed by atoms with E-state index in [1.54, 1.807) is 0 Å². The zero-order valence-corrected chi connectivity index (χ0v) is 10.7. The molecular weight excluding hydrogens is 198 g/mol. The van der Waals surface area contributed by atoms with Gasteiger partial charge in [-0.15, -0.1) is 0 Å². The molecule has 1 aliphatic rings. The molecule has 0 amide bonds. The molecule has 1 heterocycles. The molecule has 92 valence electrons. The zero-order chi connectivity index (χ0) is 11.8. The van der Waals surface area contributed by atoms with Gasteiger partial charge < -0.3 is 10.2 Å². The third kappa shape index (κ3) is 4.51. The molecule has 1 aliphatic heterocycles. The van der Waals surface area contributed by atoms with Gasteiger partial charge >= 0.3 is 0 Å². The highest BCUT2D eigenvalue weighted by Gasteiger charge is 2.24. The van der Waals surface area contributed by atoms with Gasteiger partial charge in [0.2, 0.25) is 0 Å². The van der Waals surface area contributed by atoms with Gasteiger partial charge in [-0.3, -0.25) is 0 Å². The van der Waals surface area contributed by atoms with Crippen LogP contribution < -0.4 is 5.32 Å². The summed E-state index contributed by atoms with van der Waals surface area (Å²) in [4.78, 5) is 2.53. The summed E-state index contributed by atoms with van der Waals surface area (Å²) in [6.45, 7) is 9.29. The Labute approximate surface area is 99.8 Å². The van der Waals surface area contributed by atoms with E-state index in [2.05, 4.69) is 30.1 Å². The van der Waals surface area contributed by atoms with Crippen molar-refractivity contribution in [3.63, 3.8) is 0 Å². The van der Waals surface area contributed by atoms with Crippen LogP contribution in [0.5, 0.6) is 0 Å². The third-order valence-corrected chi connectivity index (χ3v) is 3.56. The molecule has 0 radical (unpaired) electrons. The van der Waals surface area contributed by atoms with Gasteiger partial charge in [-0.1, -0.05) is 13.8 Å². The summed E-state index contributed by atoms with van der Waals surface area (Å²) in [5, 5.41) is 12.1. The normalized spacial score (nSPS) is 26.6. The highest BCUT2D eigenvalue weighted by Crippen LogP contribution is 2.16. The second kappa shape index (κ2) is 7.65. The summed E-state index contributed by atoms with van der Waals surface area (Å²) >= 11 is 0. The Hall–Kier alpha value is -0.590. The van der Waals surface area contributed by atoms with Crippen LogP contribution in [0.3, 0.4) is 0 Å². The van der Waals surface area contributed by atoms with Crippen molar-refractivity contribution in [1.29, 1.82) is 5.26 Å². The molecule has 16 heavy (non-hydrogen) atoms. The summed E-state index contributed by atoms with van der Waals surface area (Å²) in [7, 11) is 0. The van der Waals surface area contributed by atoms with Crippen molar-refractivity contribution in [1.82, 2.24) is 10.2 Å². The molecule has 2 atom stereocenters. The quantitative estimate of drug-likeness (QED) is 0.700. The average molecular weight is 223 g/mol. The van der Waals surface area contributed by atoms with Crippen LogP contribution >= 0.6 is 0 Å². The van der Waals surface area contributed by atoms with Crippen LogP contribution in [-0.2, 0) is 0 Å². The van der Waals surface area contributed by atoms with Crippen molar-refractivity contribution in [3.8, 4) is 6.07 Å². The predicted molar refractivity (Wildman–Crippen MR) is 67.1 cm³/mol. The lowest BCUT2D eigenvalue weighted by molar-refractivity contribution is 0.153.